The number of hydrogen-bond donors (Lipinski definition) is 2. The van der Waals surface area contributed by atoms with E-state index in [9.17, 15) is 32.8 Å². The Hall–Kier alpha value is -3.32. The van der Waals surface area contributed by atoms with Gasteiger partial charge in [-0.2, -0.15) is 0 Å². The molecule has 40 heavy (non-hydrogen) atoms. The highest BCUT2D eigenvalue weighted by molar-refractivity contribution is 7.53. The van der Waals surface area contributed by atoms with E-state index in [0.717, 1.165) is 18.3 Å². The highest BCUT2D eigenvalue weighted by atomic mass is 31.2. The van der Waals surface area contributed by atoms with E-state index < -0.39 is 59.1 Å². The van der Waals surface area contributed by atoms with Crippen molar-refractivity contribution in [2.75, 3.05) is 51.2 Å². The molecule has 0 radical (unpaired) electrons. The fraction of sp³-hybridized carbons (Fsp3) is 0.480. The van der Waals surface area contributed by atoms with E-state index in [1.807, 2.05) is 0 Å². The second kappa shape index (κ2) is 11.7. The molecule has 1 fully saturated rings. The Bertz CT molecular complexity index is 1400. The summed E-state index contributed by atoms with van der Waals surface area (Å²) < 4.78 is 58.2. The van der Waals surface area contributed by atoms with E-state index in [1.165, 1.54) is 16.6 Å². The van der Waals surface area contributed by atoms with Crippen LogP contribution in [0.5, 0.6) is 5.75 Å². The molecule has 2 N–H and O–H groups in total. The Kier molecular flexibility index (Phi) is 8.64. The molecule has 1 atom stereocenters. The van der Waals surface area contributed by atoms with E-state index in [-0.39, 0.29) is 44.6 Å². The molecule has 2 aliphatic heterocycles. The summed E-state index contributed by atoms with van der Waals surface area (Å²) in [6.45, 7) is 3.55. The van der Waals surface area contributed by atoms with Crippen molar-refractivity contribution in [3.8, 4) is 5.75 Å². The van der Waals surface area contributed by atoms with Crippen LogP contribution >= 0.6 is 7.60 Å². The van der Waals surface area contributed by atoms with Crippen LogP contribution in [0.2, 0.25) is 0 Å². The number of rotatable bonds is 10. The second-order valence-corrected chi connectivity index (χ2v) is 11.5. The van der Waals surface area contributed by atoms with Gasteiger partial charge in [-0.3, -0.25) is 28.6 Å². The molecule has 218 valence electrons. The van der Waals surface area contributed by atoms with Crippen LogP contribution in [0.1, 0.15) is 46.7 Å². The molecule has 1 saturated heterocycles. The third-order valence-corrected chi connectivity index (χ3v) is 9.00. The minimum absolute atomic E-state index is 0.0277. The summed E-state index contributed by atoms with van der Waals surface area (Å²) in [5, 5.41) is 14.8. The third-order valence-electron chi connectivity index (χ3n) is 6.95. The van der Waals surface area contributed by atoms with Crippen molar-refractivity contribution in [3.63, 3.8) is 0 Å². The number of pyridine rings is 1. The first-order valence-corrected chi connectivity index (χ1v) is 14.4. The van der Waals surface area contributed by atoms with E-state index in [2.05, 4.69) is 5.32 Å². The maximum absolute atomic E-state index is 14.1. The largest absolute Gasteiger partial charge is 0.502 e. The maximum Gasteiger partial charge on any atom is 0.332 e. The molecular weight excluding hydrogens is 553 g/mol. The Balaban J connectivity index is 1.75. The number of likely N-dealkylation sites (N-methyl/N-ethyl adjacent to an activating group) is 1. The van der Waals surface area contributed by atoms with Gasteiger partial charge in [0.15, 0.2) is 17.1 Å². The number of aromatic nitrogens is 1. The Morgan fingerprint density at radius 2 is 1.93 bits per heavy atom. The summed E-state index contributed by atoms with van der Waals surface area (Å²) >= 11 is 0. The molecule has 2 aromatic rings. The normalized spacial score (nSPS) is 18.9. The summed E-state index contributed by atoms with van der Waals surface area (Å²) in [4.78, 5) is 40.8. The number of halogens is 2. The Labute approximate surface area is 228 Å². The molecule has 0 saturated carbocycles. The number of ether oxygens (including phenoxy) is 1. The Morgan fingerprint density at radius 1 is 1.23 bits per heavy atom. The first kappa shape index (κ1) is 29.7. The van der Waals surface area contributed by atoms with E-state index in [0.29, 0.717) is 19.1 Å². The molecule has 0 bridgehead atoms. The van der Waals surface area contributed by atoms with Gasteiger partial charge in [0.2, 0.25) is 5.43 Å². The predicted octanol–water partition coefficient (Wildman–Crippen LogP) is 2.17. The van der Waals surface area contributed by atoms with Gasteiger partial charge in [0.25, 0.3) is 11.8 Å². The molecular formula is C25H31F2N4O8P. The van der Waals surface area contributed by atoms with Gasteiger partial charge >= 0.3 is 7.60 Å². The van der Waals surface area contributed by atoms with Crippen molar-refractivity contribution in [2.45, 2.75) is 32.5 Å². The van der Waals surface area contributed by atoms with Gasteiger partial charge in [-0.05, 0) is 19.9 Å². The topological polar surface area (TPSA) is 140 Å². The van der Waals surface area contributed by atoms with Crippen molar-refractivity contribution < 1.29 is 41.8 Å². The number of hydrogen-bond acceptors (Lipinski definition) is 9. The van der Waals surface area contributed by atoms with Gasteiger partial charge in [0.05, 0.1) is 32.6 Å². The number of nitrogens with zero attached hydrogens (tertiary/aromatic N) is 3. The Morgan fingerprint density at radius 3 is 2.52 bits per heavy atom. The van der Waals surface area contributed by atoms with Gasteiger partial charge in [0, 0.05) is 44.4 Å². The SMILES string of the molecule is CCOP(=O)(CCN1n2cc(C(=O)NCc3ccc(F)cc3F)c(=O)c(O)c2C(=O)N(C)[C@]12CCOC2)OCC. The molecule has 3 heterocycles. The molecule has 4 rings (SSSR count). The van der Waals surface area contributed by atoms with Crippen molar-refractivity contribution in [2.24, 2.45) is 0 Å². The van der Waals surface area contributed by atoms with E-state index >= 15 is 0 Å². The summed E-state index contributed by atoms with van der Waals surface area (Å²) in [6, 6.07) is 2.83. The van der Waals surface area contributed by atoms with Crippen LogP contribution in [-0.4, -0.2) is 78.3 Å². The van der Waals surface area contributed by atoms with E-state index in [1.54, 1.807) is 18.9 Å². The van der Waals surface area contributed by atoms with Crippen LogP contribution in [0.3, 0.4) is 0 Å². The number of amides is 2. The molecule has 15 heteroatoms. The molecule has 1 aromatic heterocycles. The van der Waals surface area contributed by atoms with Crippen LogP contribution in [0.25, 0.3) is 0 Å². The highest BCUT2D eigenvalue weighted by Gasteiger charge is 2.52. The minimum atomic E-state index is -3.56. The number of benzene rings is 1. The predicted molar refractivity (Wildman–Crippen MR) is 139 cm³/mol. The monoisotopic (exact) mass is 584 g/mol. The van der Waals surface area contributed by atoms with Gasteiger partial charge in [-0.15, -0.1) is 0 Å². The number of fused-ring (bicyclic) bond motifs is 1. The van der Waals surface area contributed by atoms with Gasteiger partial charge in [0.1, 0.15) is 17.2 Å². The molecule has 0 unspecified atom stereocenters. The molecule has 2 aliphatic rings. The number of aromatic hydroxyl groups is 1. The highest BCUT2D eigenvalue weighted by Crippen LogP contribution is 2.48. The van der Waals surface area contributed by atoms with Crippen LogP contribution in [0.15, 0.2) is 29.2 Å². The van der Waals surface area contributed by atoms with Crippen LogP contribution in [-0.2, 0) is 24.9 Å². The summed E-state index contributed by atoms with van der Waals surface area (Å²) in [6.07, 6.45) is 1.32. The lowest BCUT2D eigenvalue weighted by Gasteiger charge is -2.52. The molecule has 0 aliphatic carbocycles. The zero-order chi connectivity index (χ0) is 29.2. The molecule has 1 aromatic carbocycles. The lowest BCUT2D eigenvalue weighted by molar-refractivity contribution is 0.0306. The van der Waals surface area contributed by atoms with Crippen LogP contribution in [0.4, 0.5) is 8.78 Å². The van der Waals surface area contributed by atoms with Crippen molar-refractivity contribution in [3.05, 3.63) is 63.1 Å². The molecule has 1 spiro atoms. The van der Waals surface area contributed by atoms with Gasteiger partial charge in [-0.1, -0.05) is 6.07 Å². The number of carbonyl (C=O) groups excluding carboxylic acids is 2. The fourth-order valence-electron chi connectivity index (χ4n) is 4.90. The lowest BCUT2D eigenvalue weighted by atomic mass is 10.0. The summed E-state index contributed by atoms with van der Waals surface area (Å²) in [5.74, 6) is -4.29. The zero-order valence-electron chi connectivity index (χ0n) is 22.3. The van der Waals surface area contributed by atoms with E-state index in [4.69, 9.17) is 13.8 Å². The molecule has 12 nitrogen and oxygen atoms in total. The maximum atomic E-state index is 14.1. The first-order valence-electron chi connectivity index (χ1n) is 12.7. The average Bonchev–Trinajstić information content (AvgIpc) is 3.39. The number of nitrogens with one attached hydrogen (secondary N) is 1. The van der Waals surface area contributed by atoms with Crippen molar-refractivity contribution >= 4 is 19.4 Å². The van der Waals surface area contributed by atoms with Crippen LogP contribution < -0.4 is 15.8 Å². The van der Waals surface area contributed by atoms with Crippen LogP contribution in [0, 0.1) is 11.6 Å². The van der Waals surface area contributed by atoms with Crippen molar-refractivity contribution in [1.29, 1.82) is 0 Å². The first-order chi connectivity index (χ1) is 19.0. The standard InChI is InChI=1S/C25H31F2N4O8P/c1-4-38-40(36,39-5-2)11-9-31-25(8-10-37-15-25)29(3)24(35)20-22(33)21(32)18(14-30(20)31)23(34)28-13-16-6-7-17(26)12-19(16)27/h6-7,12,14,33H,4-5,8-11,13,15H2,1-3H3,(H,28,34)/t25-/m1/s1. The molecule has 2 amide bonds. The van der Waals surface area contributed by atoms with Crippen molar-refractivity contribution in [1.82, 2.24) is 14.9 Å². The quantitative estimate of drug-likeness (QED) is 0.402. The van der Waals surface area contributed by atoms with Gasteiger partial charge < -0.3 is 29.1 Å². The number of carbonyl (C=O) groups is 2. The van der Waals surface area contributed by atoms with Gasteiger partial charge in [-0.25, -0.2) is 8.78 Å². The summed E-state index contributed by atoms with van der Waals surface area (Å²) in [7, 11) is -2.06. The minimum Gasteiger partial charge on any atom is -0.502 e. The fourth-order valence-corrected chi connectivity index (χ4v) is 6.46. The summed E-state index contributed by atoms with van der Waals surface area (Å²) in [5.41, 5.74) is -3.16. The second-order valence-electron chi connectivity index (χ2n) is 9.27. The third kappa shape index (κ3) is 5.36. The zero-order valence-corrected chi connectivity index (χ0v) is 23.2. The smallest absolute Gasteiger partial charge is 0.332 e. The average molecular weight is 585 g/mol. The lowest BCUT2D eigenvalue weighted by Crippen LogP contribution is -2.70.